The quantitative estimate of drug-likeness (QED) is 0.302. The van der Waals surface area contributed by atoms with E-state index in [1.54, 1.807) is 67.8 Å². The van der Waals surface area contributed by atoms with Crippen molar-refractivity contribution >= 4 is 45.9 Å². The number of benzene rings is 3. The van der Waals surface area contributed by atoms with E-state index in [1.807, 2.05) is 6.07 Å². The molecule has 1 heterocycles. The van der Waals surface area contributed by atoms with Gasteiger partial charge < -0.3 is 14.8 Å². The van der Waals surface area contributed by atoms with E-state index in [4.69, 9.17) is 21.1 Å². The highest BCUT2D eigenvalue weighted by Gasteiger charge is 2.16. The number of halogens is 1. The Balaban J connectivity index is 1.68. The molecule has 0 bridgehead atoms. The molecule has 1 amide bonds. The molecule has 4 aromatic rings. The van der Waals surface area contributed by atoms with Gasteiger partial charge in [-0.25, -0.2) is 4.98 Å². The van der Waals surface area contributed by atoms with E-state index in [0.29, 0.717) is 44.0 Å². The highest BCUT2D eigenvalue weighted by molar-refractivity contribution is 7.99. The maximum absolute atomic E-state index is 13.3. The van der Waals surface area contributed by atoms with Crippen LogP contribution in [0.2, 0.25) is 5.02 Å². The molecule has 0 atom stereocenters. The maximum atomic E-state index is 13.3. The van der Waals surface area contributed by atoms with Crippen LogP contribution in [0.3, 0.4) is 0 Å². The second-order valence-electron chi connectivity index (χ2n) is 6.94. The summed E-state index contributed by atoms with van der Waals surface area (Å²) < 4.78 is 12.1. The number of thioether (sulfide) groups is 1. The van der Waals surface area contributed by atoms with E-state index < -0.39 is 0 Å². The predicted octanol–water partition coefficient (Wildman–Crippen LogP) is 4.79. The van der Waals surface area contributed by atoms with Gasteiger partial charge in [-0.2, -0.15) is 0 Å². The summed E-state index contributed by atoms with van der Waals surface area (Å²) in [6, 6.07) is 19.2. The second kappa shape index (κ2) is 9.97. The molecule has 33 heavy (non-hydrogen) atoms. The van der Waals surface area contributed by atoms with Crippen LogP contribution in [0.25, 0.3) is 16.6 Å². The van der Waals surface area contributed by atoms with Crippen molar-refractivity contribution < 1.29 is 14.3 Å². The molecule has 3 aromatic carbocycles. The minimum absolute atomic E-state index is 0.0183. The lowest BCUT2D eigenvalue weighted by atomic mass is 10.2. The third-order valence-electron chi connectivity index (χ3n) is 4.82. The van der Waals surface area contributed by atoms with Crippen LogP contribution in [0.4, 0.5) is 5.69 Å². The lowest BCUT2D eigenvalue weighted by molar-refractivity contribution is -0.113. The molecule has 0 aliphatic heterocycles. The number of carbonyl (C=O) groups excluding carboxylic acids is 1. The molecular formula is C24H20ClN3O4S. The van der Waals surface area contributed by atoms with E-state index in [2.05, 4.69) is 10.3 Å². The first-order valence-corrected chi connectivity index (χ1v) is 11.3. The van der Waals surface area contributed by atoms with Crippen LogP contribution in [0, 0.1) is 0 Å². The molecule has 1 N–H and O–H groups in total. The van der Waals surface area contributed by atoms with Crippen molar-refractivity contribution in [2.24, 2.45) is 0 Å². The fourth-order valence-corrected chi connectivity index (χ4v) is 4.27. The number of rotatable bonds is 7. The number of nitrogens with zero attached hydrogens (tertiary/aromatic N) is 2. The number of anilines is 1. The topological polar surface area (TPSA) is 82.4 Å². The average molecular weight is 482 g/mol. The molecule has 0 unspecified atom stereocenters. The summed E-state index contributed by atoms with van der Waals surface area (Å²) in [5.41, 5.74) is 1.39. The fraction of sp³-hybridized carbons (Fsp3) is 0.125. The number of hydrogen-bond acceptors (Lipinski definition) is 6. The van der Waals surface area contributed by atoms with Crippen LogP contribution < -0.4 is 20.3 Å². The summed E-state index contributed by atoms with van der Waals surface area (Å²) in [6.45, 7) is 0. The molecule has 168 valence electrons. The van der Waals surface area contributed by atoms with Gasteiger partial charge in [0.1, 0.15) is 11.5 Å². The number of ether oxygens (including phenoxy) is 2. The van der Waals surface area contributed by atoms with Crippen LogP contribution in [0.1, 0.15) is 0 Å². The van der Waals surface area contributed by atoms with Crippen molar-refractivity contribution in [2.75, 3.05) is 25.3 Å². The smallest absolute Gasteiger partial charge is 0.266 e. The highest BCUT2D eigenvalue weighted by Crippen LogP contribution is 2.28. The van der Waals surface area contributed by atoms with Crippen LogP contribution in [-0.2, 0) is 4.79 Å². The Morgan fingerprint density at radius 2 is 1.88 bits per heavy atom. The number of amides is 1. The van der Waals surface area contributed by atoms with Gasteiger partial charge >= 0.3 is 0 Å². The molecule has 7 nitrogen and oxygen atoms in total. The molecule has 0 radical (unpaired) electrons. The summed E-state index contributed by atoms with van der Waals surface area (Å²) in [6.07, 6.45) is 0. The number of carbonyl (C=O) groups is 1. The zero-order valence-electron chi connectivity index (χ0n) is 17.9. The van der Waals surface area contributed by atoms with E-state index in [-0.39, 0.29) is 17.2 Å². The van der Waals surface area contributed by atoms with Crippen molar-refractivity contribution in [3.63, 3.8) is 0 Å². The Kier molecular flexibility index (Phi) is 6.86. The molecule has 0 spiro atoms. The number of nitrogens with one attached hydrogen (secondary N) is 1. The minimum Gasteiger partial charge on any atom is -0.497 e. The van der Waals surface area contributed by atoms with Gasteiger partial charge in [-0.1, -0.05) is 41.6 Å². The Bertz CT molecular complexity index is 1390. The first-order chi connectivity index (χ1) is 16.0. The lowest BCUT2D eigenvalue weighted by Crippen LogP contribution is -2.23. The number of fused-ring (bicyclic) bond motifs is 1. The Hall–Kier alpha value is -3.49. The normalized spacial score (nSPS) is 10.8. The zero-order chi connectivity index (χ0) is 23.4. The van der Waals surface area contributed by atoms with Crippen LogP contribution in [0.15, 0.2) is 76.7 Å². The number of aromatic nitrogens is 2. The monoisotopic (exact) mass is 481 g/mol. The highest BCUT2D eigenvalue weighted by atomic mass is 35.5. The van der Waals surface area contributed by atoms with Gasteiger partial charge in [0.15, 0.2) is 5.16 Å². The van der Waals surface area contributed by atoms with Crippen molar-refractivity contribution in [3.05, 3.63) is 82.1 Å². The maximum Gasteiger partial charge on any atom is 0.266 e. The van der Waals surface area contributed by atoms with Crippen molar-refractivity contribution in [1.82, 2.24) is 9.55 Å². The molecular weight excluding hydrogens is 462 g/mol. The Labute approximate surface area is 199 Å². The first-order valence-electron chi connectivity index (χ1n) is 9.92. The summed E-state index contributed by atoms with van der Waals surface area (Å²) in [4.78, 5) is 30.7. The summed E-state index contributed by atoms with van der Waals surface area (Å²) >= 11 is 7.20. The van der Waals surface area contributed by atoms with E-state index >= 15 is 0 Å². The third kappa shape index (κ3) is 4.97. The SMILES string of the molecule is COc1cccc(-n2c(SCC(=O)Nc3cc(Cl)ccc3OC)nc3ccccc3c2=O)c1. The Morgan fingerprint density at radius 1 is 1.06 bits per heavy atom. The standard InChI is InChI=1S/C24H20ClN3O4S/c1-31-17-7-5-6-16(13-17)28-23(30)18-8-3-4-9-19(18)27-24(28)33-14-22(29)26-20-12-15(25)10-11-21(20)32-2/h3-13H,14H2,1-2H3,(H,26,29). The van der Waals surface area contributed by atoms with E-state index in [0.717, 1.165) is 11.8 Å². The Morgan fingerprint density at radius 3 is 2.67 bits per heavy atom. The first kappa shape index (κ1) is 22.7. The minimum atomic E-state index is -0.292. The van der Waals surface area contributed by atoms with E-state index in [9.17, 15) is 9.59 Å². The number of hydrogen-bond donors (Lipinski definition) is 1. The molecule has 0 aliphatic carbocycles. The van der Waals surface area contributed by atoms with Crippen LogP contribution in [-0.4, -0.2) is 35.4 Å². The fourth-order valence-electron chi connectivity index (χ4n) is 3.28. The largest absolute Gasteiger partial charge is 0.497 e. The van der Waals surface area contributed by atoms with Gasteiger partial charge in [0, 0.05) is 11.1 Å². The van der Waals surface area contributed by atoms with Crippen molar-refractivity contribution in [3.8, 4) is 17.2 Å². The van der Waals surface area contributed by atoms with Crippen LogP contribution in [0.5, 0.6) is 11.5 Å². The van der Waals surface area contributed by atoms with Crippen LogP contribution >= 0.6 is 23.4 Å². The molecule has 9 heteroatoms. The van der Waals surface area contributed by atoms with Crippen molar-refractivity contribution in [2.45, 2.75) is 5.16 Å². The summed E-state index contributed by atoms with van der Waals surface area (Å²) in [5, 5.41) is 4.14. The number of methoxy groups -OCH3 is 2. The molecule has 0 fully saturated rings. The zero-order valence-corrected chi connectivity index (χ0v) is 19.4. The molecule has 0 aliphatic rings. The predicted molar refractivity (Wildman–Crippen MR) is 131 cm³/mol. The summed E-state index contributed by atoms with van der Waals surface area (Å²) in [5.74, 6) is 0.828. The summed E-state index contributed by atoms with van der Waals surface area (Å²) in [7, 11) is 3.07. The van der Waals surface area contributed by atoms with Gasteiger partial charge in [-0.15, -0.1) is 0 Å². The molecule has 0 saturated carbocycles. The molecule has 1 aromatic heterocycles. The van der Waals surface area contributed by atoms with Gasteiger partial charge in [0.25, 0.3) is 5.56 Å². The van der Waals surface area contributed by atoms with Gasteiger partial charge in [0.2, 0.25) is 5.91 Å². The number of para-hydroxylation sites is 1. The third-order valence-corrected chi connectivity index (χ3v) is 6.00. The molecule has 0 saturated heterocycles. The molecule has 4 rings (SSSR count). The van der Waals surface area contributed by atoms with Crippen molar-refractivity contribution in [1.29, 1.82) is 0 Å². The second-order valence-corrected chi connectivity index (χ2v) is 8.31. The lowest BCUT2D eigenvalue weighted by Gasteiger charge is -2.14. The average Bonchev–Trinajstić information content (AvgIpc) is 2.83. The van der Waals surface area contributed by atoms with Gasteiger partial charge in [-0.05, 0) is 42.5 Å². The van der Waals surface area contributed by atoms with Gasteiger partial charge in [0.05, 0.1) is 42.3 Å². The van der Waals surface area contributed by atoms with E-state index in [1.165, 1.54) is 11.7 Å². The van der Waals surface area contributed by atoms with Gasteiger partial charge in [-0.3, -0.25) is 14.2 Å².